The number of rotatable bonds is 12. The second kappa shape index (κ2) is 11.9. The Hall–Kier alpha value is -0.690. The highest BCUT2D eigenvalue weighted by atomic mass is 16.5. The monoisotopic (exact) mass is 371 g/mol. The summed E-state index contributed by atoms with van der Waals surface area (Å²) >= 11 is 0. The summed E-state index contributed by atoms with van der Waals surface area (Å²) in [7, 11) is 4.75. The summed E-state index contributed by atoms with van der Waals surface area (Å²) in [6.07, 6.45) is 10.4. The number of amides is 1. The Morgan fingerprint density at radius 3 is 2.42 bits per heavy atom. The maximum Gasteiger partial charge on any atom is 0.223 e. The molecule has 0 saturated heterocycles. The first-order chi connectivity index (χ1) is 12.2. The smallest absolute Gasteiger partial charge is 0.223 e. The highest BCUT2D eigenvalue weighted by Crippen LogP contribution is 2.35. The molecule has 0 spiro atoms. The van der Waals surface area contributed by atoms with Crippen molar-refractivity contribution < 1.29 is 14.5 Å². The van der Waals surface area contributed by atoms with Crippen molar-refractivity contribution in [3.8, 4) is 0 Å². The van der Waals surface area contributed by atoms with Crippen LogP contribution in [0.1, 0.15) is 64.7 Å². The van der Waals surface area contributed by atoms with Crippen molar-refractivity contribution in [1.82, 2.24) is 4.90 Å². The lowest BCUT2D eigenvalue weighted by molar-refractivity contribution is -0.839. The molecule has 154 valence electrons. The van der Waals surface area contributed by atoms with E-state index >= 15 is 0 Å². The van der Waals surface area contributed by atoms with Crippen LogP contribution >= 0.6 is 0 Å². The van der Waals surface area contributed by atoms with Crippen molar-refractivity contribution in [3.63, 3.8) is 0 Å². The molecule has 6 nitrogen and oxygen atoms in total. The van der Waals surface area contributed by atoms with E-state index in [9.17, 15) is 15.2 Å². The first-order valence-electron chi connectivity index (χ1n) is 10.5. The van der Waals surface area contributed by atoms with Crippen LogP contribution in [0.15, 0.2) is 0 Å². The highest BCUT2D eigenvalue weighted by Gasteiger charge is 2.27. The standard InChI is InChI=1S/C20H41N3O3/c1-5-6-10-19(18-11-8-7-9-12-18)17-20(24)22(14-13-21(2)25)15-16-23(3,4)26/h18-19,21H,5-17H2,1-4H3. The van der Waals surface area contributed by atoms with Gasteiger partial charge in [-0.05, 0) is 18.3 Å². The Morgan fingerprint density at radius 2 is 1.88 bits per heavy atom. The summed E-state index contributed by atoms with van der Waals surface area (Å²) in [5.74, 6) is 1.25. The third-order valence-corrected chi connectivity index (χ3v) is 5.68. The Balaban J connectivity index is 2.70. The fraction of sp³-hybridized carbons (Fsp3) is 0.950. The van der Waals surface area contributed by atoms with Gasteiger partial charge in [-0.2, -0.15) is 0 Å². The number of carbonyl (C=O) groups excluding carboxylic acids is 1. The molecule has 1 N–H and O–H groups in total. The van der Waals surface area contributed by atoms with Crippen molar-refractivity contribution in [1.29, 1.82) is 0 Å². The Kier molecular flexibility index (Phi) is 10.7. The van der Waals surface area contributed by atoms with Crippen molar-refractivity contribution in [3.05, 3.63) is 10.4 Å². The lowest BCUT2D eigenvalue weighted by atomic mass is 9.76. The number of unbranched alkanes of at least 4 members (excludes halogenated alkanes) is 1. The number of hydrogen-bond acceptors (Lipinski definition) is 3. The summed E-state index contributed by atoms with van der Waals surface area (Å²) < 4.78 is -0.411. The number of likely N-dealkylation sites (N-methyl/N-ethyl adjacent to an activating group) is 2. The summed E-state index contributed by atoms with van der Waals surface area (Å²) in [4.78, 5) is 14.8. The molecule has 2 atom stereocenters. The van der Waals surface area contributed by atoms with E-state index in [1.807, 2.05) is 0 Å². The maximum absolute atomic E-state index is 13.0. The van der Waals surface area contributed by atoms with Crippen LogP contribution in [0, 0.1) is 22.3 Å². The van der Waals surface area contributed by atoms with Gasteiger partial charge in [0, 0.05) is 6.42 Å². The average molecular weight is 372 g/mol. The van der Waals surface area contributed by atoms with E-state index in [0.29, 0.717) is 44.4 Å². The van der Waals surface area contributed by atoms with Crippen LogP contribution < -0.4 is 5.06 Å². The second-order valence-electron chi connectivity index (χ2n) is 8.63. The van der Waals surface area contributed by atoms with Crippen LogP contribution in [0.4, 0.5) is 0 Å². The summed E-state index contributed by atoms with van der Waals surface area (Å²) in [5.41, 5.74) is 0. The van der Waals surface area contributed by atoms with Crippen LogP contribution in [0.25, 0.3) is 0 Å². The summed E-state index contributed by atoms with van der Waals surface area (Å²) in [6.45, 7) is 3.83. The van der Waals surface area contributed by atoms with E-state index < -0.39 is 4.65 Å². The van der Waals surface area contributed by atoms with E-state index in [1.165, 1.54) is 38.5 Å². The van der Waals surface area contributed by atoms with Gasteiger partial charge in [-0.1, -0.05) is 51.9 Å². The van der Waals surface area contributed by atoms with Crippen molar-refractivity contribution in [2.45, 2.75) is 64.7 Å². The van der Waals surface area contributed by atoms with Gasteiger partial charge < -0.3 is 25.0 Å². The fourth-order valence-corrected chi connectivity index (χ4v) is 3.94. The molecule has 1 saturated carbocycles. The molecule has 0 aromatic carbocycles. The van der Waals surface area contributed by atoms with Gasteiger partial charge in [-0.15, -0.1) is 0 Å². The molecule has 1 amide bonds. The minimum Gasteiger partial charge on any atom is -0.634 e. The third kappa shape index (κ3) is 9.86. The molecule has 1 fully saturated rings. The molecule has 0 heterocycles. The van der Waals surface area contributed by atoms with Crippen molar-refractivity contribution in [2.75, 3.05) is 47.3 Å². The van der Waals surface area contributed by atoms with Crippen LogP contribution in [-0.4, -0.2) is 62.8 Å². The van der Waals surface area contributed by atoms with Crippen LogP contribution in [0.3, 0.4) is 0 Å². The van der Waals surface area contributed by atoms with Gasteiger partial charge in [0.1, 0.15) is 0 Å². The molecule has 1 aliphatic rings. The predicted molar refractivity (Wildman–Crippen MR) is 106 cm³/mol. The lowest BCUT2D eigenvalue weighted by Gasteiger charge is -2.37. The lowest BCUT2D eigenvalue weighted by Crippen LogP contribution is -3.04. The molecule has 0 radical (unpaired) electrons. The van der Waals surface area contributed by atoms with Gasteiger partial charge in [0.25, 0.3) is 0 Å². The Morgan fingerprint density at radius 1 is 1.23 bits per heavy atom. The van der Waals surface area contributed by atoms with Gasteiger partial charge >= 0.3 is 0 Å². The average Bonchev–Trinajstić information content (AvgIpc) is 2.58. The molecular formula is C20H41N3O3. The molecule has 0 bridgehead atoms. The maximum atomic E-state index is 13.0. The topological polar surface area (TPSA) is 70.9 Å². The van der Waals surface area contributed by atoms with E-state index in [0.717, 1.165) is 12.8 Å². The zero-order chi connectivity index (χ0) is 19.6. The molecule has 0 aliphatic heterocycles. The van der Waals surface area contributed by atoms with Gasteiger partial charge in [0.05, 0.1) is 47.3 Å². The highest BCUT2D eigenvalue weighted by molar-refractivity contribution is 5.76. The van der Waals surface area contributed by atoms with Gasteiger partial charge in [0.15, 0.2) is 0 Å². The predicted octanol–water partition coefficient (Wildman–Crippen LogP) is 2.18. The first kappa shape index (κ1) is 23.3. The number of nitrogens with zero attached hydrogens (tertiary/aromatic N) is 2. The van der Waals surface area contributed by atoms with Crippen LogP contribution in [0.5, 0.6) is 0 Å². The SMILES string of the molecule is CCCCC(CC(=O)N(CC[NH+](C)[O-])CC[N+](C)(C)[O-])C1CCCCC1. The molecule has 1 aliphatic carbocycles. The van der Waals surface area contributed by atoms with E-state index in [2.05, 4.69) is 6.92 Å². The van der Waals surface area contributed by atoms with Gasteiger partial charge in [-0.25, -0.2) is 0 Å². The number of hydroxylamine groups is 5. The molecule has 1 rings (SSSR count). The number of quaternary nitrogens is 2. The quantitative estimate of drug-likeness (QED) is 0.422. The normalized spacial score (nSPS) is 18.5. The van der Waals surface area contributed by atoms with E-state index in [1.54, 1.807) is 26.0 Å². The zero-order valence-electron chi connectivity index (χ0n) is 17.5. The van der Waals surface area contributed by atoms with Gasteiger partial charge in [-0.3, -0.25) is 4.79 Å². The molecule has 2 unspecified atom stereocenters. The van der Waals surface area contributed by atoms with Gasteiger partial charge in [0.2, 0.25) is 5.91 Å². The molecule has 6 heteroatoms. The molecular weight excluding hydrogens is 330 g/mol. The molecule has 0 aromatic rings. The summed E-state index contributed by atoms with van der Waals surface area (Å²) in [6, 6.07) is 0. The fourth-order valence-electron chi connectivity index (χ4n) is 3.94. The number of hydrogen-bond donors (Lipinski definition) is 1. The largest absolute Gasteiger partial charge is 0.634 e. The second-order valence-corrected chi connectivity index (χ2v) is 8.63. The van der Waals surface area contributed by atoms with Crippen molar-refractivity contribution >= 4 is 5.91 Å². The Bertz CT molecular complexity index is 390. The summed E-state index contributed by atoms with van der Waals surface area (Å²) in [5, 5.41) is 23.4. The molecule has 0 aromatic heterocycles. The minimum absolute atomic E-state index is 0.0912. The van der Waals surface area contributed by atoms with Crippen molar-refractivity contribution in [2.24, 2.45) is 11.8 Å². The van der Waals surface area contributed by atoms with Crippen LogP contribution in [0.2, 0.25) is 0 Å². The third-order valence-electron chi connectivity index (χ3n) is 5.68. The van der Waals surface area contributed by atoms with E-state index in [4.69, 9.17) is 0 Å². The Labute approximate surface area is 160 Å². The van der Waals surface area contributed by atoms with Crippen LogP contribution in [-0.2, 0) is 4.79 Å². The number of carbonyl (C=O) groups is 1. The molecule has 26 heavy (non-hydrogen) atoms. The minimum atomic E-state index is -0.411. The number of nitrogens with one attached hydrogen (secondary N) is 1. The van der Waals surface area contributed by atoms with E-state index in [-0.39, 0.29) is 11.0 Å². The zero-order valence-corrected chi connectivity index (χ0v) is 17.5. The first-order valence-corrected chi connectivity index (χ1v) is 10.5.